The first-order valence-electron chi connectivity index (χ1n) is 5.10. The van der Waals surface area contributed by atoms with Gasteiger partial charge >= 0.3 is 0 Å². The van der Waals surface area contributed by atoms with Crippen molar-refractivity contribution in [2.24, 2.45) is 0 Å². The van der Waals surface area contributed by atoms with E-state index < -0.39 is 0 Å². The monoisotopic (exact) mass is 264 g/mol. The Morgan fingerprint density at radius 3 is 2.65 bits per heavy atom. The summed E-state index contributed by atoms with van der Waals surface area (Å²) in [6.45, 7) is 0.0598. The van der Waals surface area contributed by atoms with Gasteiger partial charge in [0.15, 0.2) is 4.96 Å². The minimum atomic E-state index is 0.0598. The molecule has 5 heteroatoms. The lowest BCUT2D eigenvalue weighted by Gasteiger charge is -1.95. The largest absolute Gasteiger partial charge is 0.391 e. The Kier molecular flexibility index (Phi) is 2.63. The predicted octanol–water partition coefficient (Wildman–Crippen LogP) is 3.21. The van der Waals surface area contributed by atoms with E-state index in [0.29, 0.717) is 0 Å². The minimum Gasteiger partial charge on any atom is -0.391 e. The number of benzene rings is 1. The van der Waals surface area contributed by atoms with Gasteiger partial charge in [-0.2, -0.15) is 0 Å². The summed E-state index contributed by atoms with van der Waals surface area (Å²) in [4.78, 5) is 6.31. The van der Waals surface area contributed by atoms with E-state index in [2.05, 4.69) is 4.98 Å². The van der Waals surface area contributed by atoms with Crippen LogP contribution in [0.15, 0.2) is 36.7 Å². The van der Waals surface area contributed by atoms with Crippen LogP contribution in [0.1, 0.15) is 4.88 Å². The quantitative estimate of drug-likeness (QED) is 0.772. The number of aliphatic hydroxyl groups is 1. The number of nitrogens with zero attached hydrogens (tertiary/aromatic N) is 2. The van der Waals surface area contributed by atoms with Crippen molar-refractivity contribution in [1.82, 2.24) is 9.38 Å². The molecule has 3 rings (SSSR count). The van der Waals surface area contributed by atoms with E-state index >= 15 is 0 Å². The molecule has 0 fully saturated rings. The number of thiazole rings is 1. The maximum absolute atomic E-state index is 9.03. The highest BCUT2D eigenvalue weighted by atomic mass is 35.5. The number of hydrogen-bond acceptors (Lipinski definition) is 3. The van der Waals surface area contributed by atoms with Crippen molar-refractivity contribution in [2.45, 2.75) is 6.61 Å². The van der Waals surface area contributed by atoms with E-state index in [4.69, 9.17) is 16.7 Å². The van der Waals surface area contributed by atoms with Gasteiger partial charge in [-0.25, -0.2) is 4.98 Å². The summed E-state index contributed by atoms with van der Waals surface area (Å²) in [6.07, 6.45) is 3.85. The molecule has 0 aliphatic carbocycles. The van der Waals surface area contributed by atoms with Crippen LogP contribution in [0.25, 0.3) is 16.2 Å². The molecule has 0 radical (unpaired) electrons. The number of aromatic nitrogens is 2. The van der Waals surface area contributed by atoms with Crippen LogP contribution in [0.2, 0.25) is 5.02 Å². The summed E-state index contributed by atoms with van der Waals surface area (Å²) in [5.41, 5.74) is 1.95. The van der Waals surface area contributed by atoms with Gasteiger partial charge in [0.25, 0.3) is 0 Å². The number of hydrogen-bond donors (Lipinski definition) is 1. The molecule has 1 N–H and O–H groups in total. The number of imidazole rings is 1. The Hall–Kier alpha value is -1.36. The van der Waals surface area contributed by atoms with Crippen molar-refractivity contribution < 1.29 is 5.11 Å². The van der Waals surface area contributed by atoms with Crippen molar-refractivity contribution in [3.8, 4) is 11.3 Å². The van der Waals surface area contributed by atoms with E-state index in [1.807, 2.05) is 41.1 Å². The molecule has 0 spiro atoms. The molecule has 0 saturated heterocycles. The molecule has 0 aliphatic heterocycles. The van der Waals surface area contributed by atoms with Crippen molar-refractivity contribution in [1.29, 1.82) is 0 Å². The second-order valence-corrected chi connectivity index (χ2v) is 5.21. The van der Waals surface area contributed by atoms with Gasteiger partial charge in [-0.1, -0.05) is 35.1 Å². The maximum atomic E-state index is 9.03. The lowest BCUT2D eigenvalue weighted by Crippen LogP contribution is -1.77. The summed E-state index contributed by atoms with van der Waals surface area (Å²) < 4.78 is 1.93. The van der Waals surface area contributed by atoms with Crippen LogP contribution in [-0.2, 0) is 6.61 Å². The molecule has 2 aromatic heterocycles. The molecular formula is C12H9ClN2OS. The van der Waals surface area contributed by atoms with E-state index in [-0.39, 0.29) is 6.61 Å². The molecule has 0 atom stereocenters. The van der Waals surface area contributed by atoms with Crippen LogP contribution in [-0.4, -0.2) is 14.5 Å². The van der Waals surface area contributed by atoms with Gasteiger partial charge in [-0.15, -0.1) is 0 Å². The summed E-state index contributed by atoms with van der Waals surface area (Å²) >= 11 is 7.34. The fourth-order valence-electron chi connectivity index (χ4n) is 1.68. The number of aliphatic hydroxyl groups excluding tert-OH is 1. The molecule has 0 amide bonds. The fraction of sp³-hybridized carbons (Fsp3) is 0.0833. The van der Waals surface area contributed by atoms with Crippen molar-refractivity contribution in [3.05, 3.63) is 46.6 Å². The smallest absolute Gasteiger partial charge is 0.194 e. The molecule has 2 heterocycles. The van der Waals surface area contributed by atoms with E-state index in [9.17, 15) is 0 Å². The van der Waals surface area contributed by atoms with Crippen molar-refractivity contribution in [2.75, 3.05) is 0 Å². The zero-order valence-corrected chi connectivity index (χ0v) is 10.4. The second kappa shape index (κ2) is 4.14. The average Bonchev–Trinajstić information content (AvgIpc) is 2.87. The van der Waals surface area contributed by atoms with Gasteiger partial charge < -0.3 is 5.11 Å². The Bertz CT molecular complexity index is 625. The number of fused-ring (bicyclic) bond motifs is 1. The molecule has 0 unspecified atom stereocenters. The number of rotatable bonds is 2. The molecule has 3 nitrogen and oxygen atoms in total. The molecular weight excluding hydrogens is 256 g/mol. The van der Waals surface area contributed by atoms with Crippen LogP contribution in [0.5, 0.6) is 0 Å². The first-order valence-corrected chi connectivity index (χ1v) is 6.30. The second-order valence-electron chi connectivity index (χ2n) is 3.68. The van der Waals surface area contributed by atoms with Crippen LogP contribution < -0.4 is 0 Å². The van der Waals surface area contributed by atoms with Crippen LogP contribution >= 0.6 is 22.9 Å². The van der Waals surface area contributed by atoms with Gasteiger partial charge in [0.2, 0.25) is 0 Å². The van der Waals surface area contributed by atoms with Gasteiger partial charge in [0.05, 0.1) is 17.2 Å². The third-order valence-electron chi connectivity index (χ3n) is 2.50. The summed E-state index contributed by atoms with van der Waals surface area (Å²) in [5.74, 6) is 0. The lowest BCUT2D eigenvalue weighted by molar-refractivity contribution is 0.285. The van der Waals surface area contributed by atoms with E-state index in [1.165, 1.54) is 11.3 Å². The Labute approximate surface area is 107 Å². The third-order valence-corrected chi connectivity index (χ3v) is 3.73. The number of halogens is 1. The minimum absolute atomic E-state index is 0.0598. The van der Waals surface area contributed by atoms with Gasteiger partial charge in [-0.3, -0.25) is 4.40 Å². The topological polar surface area (TPSA) is 37.5 Å². The molecule has 0 bridgehead atoms. The Morgan fingerprint density at radius 2 is 2.00 bits per heavy atom. The molecule has 1 aromatic carbocycles. The molecule has 0 aliphatic rings. The summed E-state index contributed by atoms with van der Waals surface area (Å²) in [5, 5.41) is 9.75. The van der Waals surface area contributed by atoms with E-state index in [1.54, 1.807) is 0 Å². The third kappa shape index (κ3) is 1.95. The Morgan fingerprint density at radius 1 is 1.24 bits per heavy atom. The molecule has 3 aromatic rings. The average molecular weight is 265 g/mol. The lowest BCUT2D eigenvalue weighted by atomic mass is 10.2. The highest BCUT2D eigenvalue weighted by Crippen LogP contribution is 2.24. The van der Waals surface area contributed by atoms with Gasteiger partial charge in [-0.05, 0) is 12.1 Å². The Balaban J connectivity index is 2.06. The normalized spacial score (nSPS) is 11.2. The van der Waals surface area contributed by atoms with Crippen LogP contribution in [0.4, 0.5) is 0 Å². The molecule has 0 saturated carbocycles. The zero-order valence-electron chi connectivity index (χ0n) is 8.80. The van der Waals surface area contributed by atoms with Crippen molar-refractivity contribution in [3.63, 3.8) is 0 Å². The van der Waals surface area contributed by atoms with Gasteiger partial charge in [0.1, 0.15) is 0 Å². The standard InChI is InChI=1S/C12H9ClN2OS/c13-9-3-1-8(2-4-9)11-6-15-5-10(7-16)17-12(15)14-11/h1-6,16H,7H2. The summed E-state index contributed by atoms with van der Waals surface area (Å²) in [6, 6.07) is 7.59. The first kappa shape index (κ1) is 10.8. The van der Waals surface area contributed by atoms with Crippen LogP contribution in [0.3, 0.4) is 0 Å². The molecule has 17 heavy (non-hydrogen) atoms. The maximum Gasteiger partial charge on any atom is 0.194 e. The highest BCUT2D eigenvalue weighted by Gasteiger charge is 2.07. The highest BCUT2D eigenvalue weighted by molar-refractivity contribution is 7.17. The van der Waals surface area contributed by atoms with E-state index in [0.717, 1.165) is 26.1 Å². The first-order chi connectivity index (χ1) is 8.26. The van der Waals surface area contributed by atoms with Crippen LogP contribution in [0, 0.1) is 0 Å². The predicted molar refractivity (Wildman–Crippen MR) is 69.4 cm³/mol. The van der Waals surface area contributed by atoms with Gasteiger partial charge in [0, 0.05) is 23.0 Å². The molecule has 86 valence electrons. The summed E-state index contributed by atoms with van der Waals surface area (Å²) in [7, 11) is 0. The zero-order chi connectivity index (χ0) is 11.8. The fourth-order valence-corrected chi connectivity index (χ4v) is 2.62. The van der Waals surface area contributed by atoms with Crippen molar-refractivity contribution >= 4 is 27.9 Å². The SMILES string of the molecule is OCc1cn2cc(-c3ccc(Cl)cc3)nc2s1.